The molecule has 1 N–H and O–H groups in total. The number of Topliss-reactive ketones (excluding diaryl/α,β-unsaturated/α-hetero) is 1. The second-order valence-electron chi connectivity index (χ2n) is 4.47. The van der Waals surface area contributed by atoms with Gasteiger partial charge in [0.05, 0.1) is 12.7 Å². The molecule has 0 radical (unpaired) electrons. The highest BCUT2D eigenvalue weighted by Gasteiger charge is 2.02. The van der Waals surface area contributed by atoms with Crippen LogP contribution in [-0.2, 0) is 9.53 Å². The second-order valence-corrected chi connectivity index (χ2v) is 4.47. The number of unbranched alkanes of at least 4 members (excludes halogenated alkanes) is 5. The lowest BCUT2D eigenvalue weighted by atomic mass is 10.1. The van der Waals surface area contributed by atoms with Gasteiger partial charge in [-0.15, -0.1) is 0 Å². The van der Waals surface area contributed by atoms with Crippen LogP contribution in [-0.4, -0.2) is 30.7 Å². The van der Waals surface area contributed by atoms with Crippen molar-refractivity contribution in [2.75, 3.05) is 13.7 Å². The average molecular weight is 230 g/mol. The van der Waals surface area contributed by atoms with Crippen molar-refractivity contribution in [3.63, 3.8) is 0 Å². The number of aliphatic hydroxyl groups is 1. The number of aliphatic hydroxyl groups excluding tert-OH is 1. The number of ether oxygens (including phenoxy) is 1. The summed E-state index contributed by atoms with van der Waals surface area (Å²) in [5, 5.41) is 9.39. The lowest BCUT2D eigenvalue weighted by Gasteiger charge is -2.08. The molecule has 0 aromatic rings. The molecular weight excluding hydrogens is 204 g/mol. The van der Waals surface area contributed by atoms with Gasteiger partial charge < -0.3 is 14.6 Å². The Morgan fingerprint density at radius 1 is 1.12 bits per heavy atom. The van der Waals surface area contributed by atoms with Crippen molar-refractivity contribution in [1.29, 1.82) is 0 Å². The molecule has 1 unspecified atom stereocenters. The number of carbonyl (C=O) groups is 1. The molecule has 3 heteroatoms. The van der Waals surface area contributed by atoms with E-state index in [1.165, 1.54) is 19.3 Å². The van der Waals surface area contributed by atoms with Gasteiger partial charge in [-0.05, 0) is 19.8 Å². The molecule has 0 aliphatic heterocycles. The zero-order chi connectivity index (χ0) is 12.2. The lowest BCUT2D eigenvalue weighted by Crippen LogP contribution is -2.13. The fourth-order valence-corrected chi connectivity index (χ4v) is 1.74. The molecule has 96 valence electrons. The molecule has 3 nitrogen and oxygen atoms in total. The van der Waals surface area contributed by atoms with Gasteiger partial charge in [0, 0.05) is 13.5 Å². The Morgan fingerprint density at radius 3 is 2.25 bits per heavy atom. The van der Waals surface area contributed by atoms with Crippen LogP contribution < -0.4 is 0 Å². The van der Waals surface area contributed by atoms with E-state index in [9.17, 15) is 9.90 Å². The maximum Gasteiger partial charge on any atom is 0.129 e. The van der Waals surface area contributed by atoms with E-state index >= 15 is 0 Å². The van der Waals surface area contributed by atoms with Gasteiger partial charge in [-0.25, -0.2) is 0 Å². The van der Waals surface area contributed by atoms with E-state index in [1.807, 2.05) is 0 Å². The quantitative estimate of drug-likeness (QED) is 0.555. The highest BCUT2D eigenvalue weighted by Crippen LogP contribution is 2.10. The van der Waals surface area contributed by atoms with E-state index in [2.05, 4.69) is 0 Å². The normalized spacial score (nSPS) is 12.7. The summed E-state index contributed by atoms with van der Waals surface area (Å²) in [4.78, 5) is 10.7. The van der Waals surface area contributed by atoms with E-state index < -0.39 is 0 Å². The van der Waals surface area contributed by atoms with Gasteiger partial charge in [-0.3, -0.25) is 0 Å². The standard InChI is InChI=1S/C13H26O3/c1-12(14)9-7-5-3-4-6-8-10-13(15)11-16-2/h13,15H,3-11H2,1-2H3. The molecule has 0 amide bonds. The van der Waals surface area contributed by atoms with Crippen molar-refractivity contribution >= 4 is 5.78 Å². The number of hydrogen-bond donors (Lipinski definition) is 1. The predicted octanol–water partition coefficient (Wildman–Crippen LogP) is 2.70. The van der Waals surface area contributed by atoms with Crippen molar-refractivity contribution < 1.29 is 14.6 Å². The molecule has 16 heavy (non-hydrogen) atoms. The largest absolute Gasteiger partial charge is 0.391 e. The van der Waals surface area contributed by atoms with Gasteiger partial charge in [0.15, 0.2) is 0 Å². The molecular formula is C13H26O3. The smallest absolute Gasteiger partial charge is 0.129 e. The van der Waals surface area contributed by atoms with Gasteiger partial charge in [0.2, 0.25) is 0 Å². The van der Waals surface area contributed by atoms with Crippen molar-refractivity contribution in [2.24, 2.45) is 0 Å². The molecule has 0 saturated carbocycles. The van der Waals surface area contributed by atoms with Crippen LogP contribution in [0, 0.1) is 0 Å². The first-order chi connectivity index (χ1) is 7.66. The molecule has 0 fully saturated rings. The Hall–Kier alpha value is -0.410. The van der Waals surface area contributed by atoms with Crippen molar-refractivity contribution in [3.05, 3.63) is 0 Å². The summed E-state index contributed by atoms with van der Waals surface area (Å²) >= 11 is 0. The molecule has 0 aromatic heterocycles. The number of hydrogen-bond acceptors (Lipinski definition) is 3. The van der Waals surface area contributed by atoms with Crippen molar-refractivity contribution in [2.45, 2.75) is 64.4 Å². The Labute approximate surface area is 99.2 Å². The number of rotatable bonds is 11. The first kappa shape index (κ1) is 15.6. The Kier molecular flexibility index (Phi) is 10.8. The van der Waals surface area contributed by atoms with Crippen molar-refractivity contribution in [3.8, 4) is 0 Å². The fraction of sp³-hybridized carbons (Fsp3) is 0.923. The summed E-state index contributed by atoms with van der Waals surface area (Å²) in [6, 6.07) is 0. The fourth-order valence-electron chi connectivity index (χ4n) is 1.74. The summed E-state index contributed by atoms with van der Waals surface area (Å²) in [5.41, 5.74) is 0. The van der Waals surface area contributed by atoms with Crippen LogP contribution >= 0.6 is 0 Å². The van der Waals surface area contributed by atoms with Crippen molar-refractivity contribution in [1.82, 2.24) is 0 Å². The predicted molar refractivity (Wildman–Crippen MR) is 65.5 cm³/mol. The molecule has 0 aliphatic rings. The first-order valence-corrected chi connectivity index (χ1v) is 6.33. The maximum atomic E-state index is 10.7. The van der Waals surface area contributed by atoms with Crippen LogP contribution in [0.15, 0.2) is 0 Å². The number of ketones is 1. The van der Waals surface area contributed by atoms with Gasteiger partial charge in [0.25, 0.3) is 0 Å². The van der Waals surface area contributed by atoms with Crippen LogP contribution in [0.2, 0.25) is 0 Å². The van der Waals surface area contributed by atoms with E-state index in [-0.39, 0.29) is 6.10 Å². The molecule has 0 aromatic carbocycles. The van der Waals surface area contributed by atoms with E-state index in [1.54, 1.807) is 14.0 Å². The highest BCUT2D eigenvalue weighted by molar-refractivity contribution is 5.75. The SMILES string of the molecule is COCC(O)CCCCCCCCC(C)=O. The summed E-state index contributed by atoms with van der Waals surface area (Å²) in [5.74, 6) is 0.294. The minimum absolute atomic E-state index is 0.294. The third-order valence-electron chi connectivity index (χ3n) is 2.68. The minimum Gasteiger partial charge on any atom is -0.391 e. The topological polar surface area (TPSA) is 46.5 Å². The molecule has 1 atom stereocenters. The highest BCUT2D eigenvalue weighted by atomic mass is 16.5. The van der Waals surface area contributed by atoms with Crippen LogP contribution in [0.3, 0.4) is 0 Å². The summed E-state index contributed by atoms with van der Waals surface area (Å²) in [6.07, 6.45) is 8.08. The number of carbonyl (C=O) groups excluding carboxylic acids is 1. The lowest BCUT2D eigenvalue weighted by molar-refractivity contribution is -0.117. The van der Waals surface area contributed by atoms with Crippen LogP contribution in [0.4, 0.5) is 0 Å². The second kappa shape index (κ2) is 11.1. The minimum atomic E-state index is -0.303. The van der Waals surface area contributed by atoms with Crippen LogP contribution in [0.25, 0.3) is 0 Å². The Bertz CT molecular complexity index is 169. The van der Waals surface area contributed by atoms with Gasteiger partial charge in [0.1, 0.15) is 5.78 Å². The van der Waals surface area contributed by atoms with E-state index in [0.717, 1.165) is 32.1 Å². The van der Waals surface area contributed by atoms with E-state index in [0.29, 0.717) is 12.4 Å². The third kappa shape index (κ3) is 11.7. The zero-order valence-corrected chi connectivity index (χ0v) is 10.7. The Balaban J connectivity index is 3.06. The summed E-state index contributed by atoms with van der Waals surface area (Å²) in [6.45, 7) is 2.09. The van der Waals surface area contributed by atoms with Gasteiger partial charge in [-0.1, -0.05) is 32.1 Å². The molecule has 0 saturated heterocycles. The monoisotopic (exact) mass is 230 g/mol. The van der Waals surface area contributed by atoms with Crippen LogP contribution in [0.1, 0.15) is 58.3 Å². The molecule has 0 aliphatic carbocycles. The number of methoxy groups -OCH3 is 1. The molecule has 0 bridgehead atoms. The summed E-state index contributed by atoms with van der Waals surface area (Å²) in [7, 11) is 1.61. The van der Waals surface area contributed by atoms with Gasteiger partial charge in [-0.2, -0.15) is 0 Å². The molecule has 0 heterocycles. The van der Waals surface area contributed by atoms with E-state index in [4.69, 9.17) is 4.74 Å². The maximum absolute atomic E-state index is 10.7. The van der Waals surface area contributed by atoms with Gasteiger partial charge >= 0.3 is 0 Å². The molecule has 0 rings (SSSR count). The average Bonchev–Trinajstić information content (AvgIpc) is 2.22. The molecule has 0 spiro atoms. The third-order valence-corrected chi connectivity index (χ3v) is 2.68. The Morgan fingerprint density at radius 2 is 1.69 bits per heavy atom. The first-order valence-electron chi connectivity index (χ1n) is 6.33. The summed E-state index contributed by atoms with van der Waals surface area (Å²) < 4.78 is 4.85. The van der Waals surface area contributed by atoms with Crippen LogP contribution in [0.5, 0.6) is 0 Å². The zero-order valence-electron chi connectivity index (χ0n) is 10.7.